The van der Waals surface area contributed by atoms with E-state index in [0.717, 1.165) is 0 Å². The molecule has 0 amide bonds. The van der Waals surface area contributed by atoms with Crippen molar-refractivity contribution in [3.8, 4) is 0 Å². The van der Waals surface area contributed by atoms with E-state index >= 15 is 0 Å². The molecular formula is C11H12N2O3. The molecule has 16 heavy (non-hydrogen) atoms. The van der Waals surface area contributed by atoms with Crippen molar-refractivity contribution in [2.45, 2.75) is 32.9 Å². The Kier molecular flexibility index (Phi) is 3.33. The SMILES string of the molecule is CC1=CC(=O)C(N=C=O)C(C)(C)C1N=C=O. The minimum absolute atomic E-state index is 0.261. The molecule has 2 unspecified atom stereocenters. The predicted molar refractivity (Wildman–Crippen MR) is 56.4 cm³/mol. The second-order valence-electron chi connectivity index (χ2n) is 4.36. The molecule has 0 spiro atoms. The Bertz CT molecular complexity index is 438. The summed E-state index contributed by atoms with van der Waals surface area (Å²) in [5, 5.41) is 0. The normalized spacial score (nSPS) is 27.4. The zero-order chi connectivity index (χ0) is 12.3. The highest BCUT2D eigenvalue weighted by Gasteiger charge is 2.45. The molecule has 0 bridgehead atoms. The molecule has 84 valence electrons. The van der Waals surface area contributed by atoms with Gasteiger partial charge in [0, 0.05) is 5.41 Å². The van der Waals surface area contributed by atoms with Crippen LogP contribution in [-0.4, -0.2) is 30.0 Å². The van der Waals surface area contributed by atoms with Gasteiger partial charge in [-0.25, -0.2) is 9.59 Å². The summed E-state index contributed by atoms with van der Waals surface area (Å²) in [5.41, 5.74) is -0.0410. The summed E-state index contributed by atoms with van der Waals surface area (Å²) in [5.74, 6) is -0.261. The van der Waals surface area contributed by atoms with Crippen molar-refractivity contribution in [3.63, 3.8) is 0 Å². The highest BCUT2D eigenvalue weighted by molar-refractivity contribution is 5.97. The first-order chi connectivity index (χ1) is 7.45. The van der Waals surface area contributed by atoms with E-state index in [1.165, 1.54) is 18.2 Å². The molecule has 0 radical (unpaired) electrons. The average molecular weight is 220 g/mol. The third-order valence-corrected chi connectivity index (χ3v) is 2.84. The fourth-order valence-corrected chi connectivity index (χ4v) is 2.09. The van der Waals surface area contributed by atoms with Crippen LogP contribution in [0.15, 0.2) is 21.6 Å². The highest BCUT2D eigenvalue weighted by Crippen LogP contribution is 2.38. The maximum absolute atomic E-state index is 11.7. The second kappa shape index (κ2) is 4.35. The number of rotatable bonds is 2. The Hall–Kier alpha value is -1.83. The van der Waals surface area contributed by atoms with Crippen LogP contribution in [0.2, 0.25) is 0 Å². The smallest absolute Gasteiger partial charge is 0.235 e. The molecule has 1 aliphatic carbocycles. The third kappa shape index (κ3) is 1.91. The van der Waals surface area contributed by atoms with Crippen molar-refractivity contribution < 1.29 is 14.4 Å². The summed E-state index contributed by atoms with van der Waals surface area (Å²) in [7, 11) is 0. The molecule has 0 fully saturated rings. The van der Waals surface area contributed by atoms with E-state index in [9.17, 15) is 14.4 Å². The standard InChI is InChI=1S/C11H12N2O3/c1-7-4-8(16)10(13-6-15)11(2,3)9(7)12-5-14/h4,9-10H,1-3H3. The molecule has 0 heterocycles. The van der Waals surface area contributed by atoms with Crippen LogP contribution >= 0.6 is 0 Å². The molecule has 0 saturated heterocycles. The van der Waals surface area contributed by atoms with Crippen LogP contribution in [0.1, 0.15) is 20.8 Å². The Morgan fingerprint density at radius 2 is 1.69 bits per heavy atom. The van der Waals surface area contributed by atoms with Gasteiger partial charge in [0.05, 0.1) is 6.04 Å². The number of carbonyl (C=O) groups excluding carboxylic acids is 3. The van der Waals surface area contributed by atoms with Gasteiger partial charge in [0.15, 0.2) is 5.78 Å². The molecule has 1 aliphatic rings. The topological polar surface area (TPSA) is 75.9 Å². The minimum Gasteiger partial charge on any atom is -0.292 e. The van der Waals surface area contributed by atoms with Gasteiger partial charge in [-0.3, -0.25) is 4.79 Å². The van der Waals surface area contributed by atoms with E-state index in [2.05, 4.69) is 9.98 Å². The summed E-state index contributed by atoms with van der Waals surface area (Å²) < 4.78 is 0. The van der Waals surface area contributed by atoms with E-state index in [1.54, 1.807) is 20.8 Å². The molecule has 0 saturated carbocycles. The third-order valence-electron chi connectivity index (χ3n) is 2.84. The second-order valence-corrected chi connectivity index (χ2v) is 4.36. The van der Waals surface area contributed by atoms with Gasteiger partial charge in [-0.05, 0) is 18.6 Å². The van der Waals surface area contributed by atoms with E-state index in [-0.39, 0.29) is 5.78 Å². The number of aliphatic imine (C=N–C) groups is 2. The van der Waals surface area contributed by atoms with Crippen LogP contribution in [0.25, 0.3) is 0 Å². The van der Waals surface area contributed by atoms with Crippen LogP contribution in [0, 0.1) is 5.41 Å². The van der Waals surface area contributed by atoms with Crippen LogP contribution in [0.5, 0.6) is 0 Å². The molecule has 0 aromatic heterocycles. The minimum atomic E-state index is -0.837. The first-order valence-corrected chi connectivity index (χ1v) is 4.81. The Morgan fingerprint density at radius 1 is 1.19 bits per heavy atom. The molecule has 0 aromatic carbocycles. The maximum Gasteiger partial charge on any atom is 0.235 e. The van der Waals surface area contributed by atoms with Crippen LogP contribution in [-0.2, 0) is 14.4 Å². The Balaban J connectivity index is 3.33. The van der Waals surface area contributed by atoms with E-state index < -0.39 is 17.5 Å². The van der Waals surface area contributed by atoms with Crippen LogP contribution < -0.4 is 0 Å². The first-order valence-electron chi connectivity index (χ1n) is 4.81. The van der Waals surface area contributed by atoms with Crippen molar-refractivity contribution in [2.75, 3.05) is 0 Å². The van der Waals surface area contributed by atoms with Gasteiger partial charge in [-0.2, -0.15) is 9.98 Å². The lowest BCUT2D eigenvalue weighted by Crippen LogP contribution is -2.46. The van der Waals surface area contributed by atoms with Crippen molar-refractivity contribution in [1.29, 1.82) is 0 Å². The van der Waals surface area contributed by atoms with Crippen molar-refractivity contribution in [2.24, 2.45) is 15.4 Å². The number of hydrogen-bond acceptors (Lipinski definition) is 5. The molecular weight excluding hydrogens is 208 g/mol. The number of isocyanates is 2. The number of hydrogen-bond donors (Lipinski definition) is 0. The lowest BCUT2D eigenvalue weighted by Gasteiger charge is -2.37. The number of carbonyl (C=O) groups is 1. The number of ketones is 1. The Labute approximate surface area is 93.0 Å². The zero-order valence-electron chi connectivity index (χ0n) is 9.35. The molecule has 0 aliphatic heterocycles. The average Bonchev–Trinajstić information content (AvgIpc) is 2.19. The van der Waals surface area contributed by atoms with Gasteiger partial charge >= 0.3 is 0 Å². The van der Waals surface area contributed by atoms with Crippen molar-refractivity contribution in [3.05, 3.63) is 11.6 Å². The molecule has 1 rings (SSSR count). The lowest BCUT2D eigenvalue weighted by atomic mass is 9.69. The summed E-state index contributed by atoms with van der Waals surface area (Å²) >= 11 is 0. The summed E-state index contributed by atoms with van der Waals surface area (Å²) in [6.45, 7) is 5.18. The summed E-state index contributed by atoms with van der Waals surface area (Å²) in [6, 6.07) is -1.32. The summed E-state index contributed by atoms with van der Waals surface area (Å²) in [6.07, 6.45) is 4.23. The fourth-order valence-electron chi connectivity index (χ4n) is 2.09. The fraction of sp³-hybridized carbons (Fsp3) is 0.545. The molecule has 5 nitrogen and oxygen atoms in total. The molecule has 0 aromatic rings. The quantitative estimate of drug-likeness (QED) is 0.513. The van der Waals surface area contributed by atoms with Crippen LogP contribution in [0.3, 0.4) is 0 Å². The molecule has 2 atom stereocenters. The van der Waals surface area contributed by atoms with Gasteiger partial charge in [0.25, 0.3) is 0 Å². The highest BCUT2D eigenvalue weighted by atomic mass is 16.1. The molecule has 5 heteroatoms. The lowest BCUT2D eigenvalue weighted by molar-refractivity contribution is -0.118. The van der Waals surface area contributed by atoms with Crippen molar-refractivity contribution in [1.82, 2.24) is 0 Å². The largest absolute Gasteiger partial charge is 0.292 e. The zero-order valence-corrected chi connectivity index (χ0v) is 9.35. The van der Waals surface area contributed by atoms with E-state index in [1.807, 2.05) is 0 Å². The van der Waals surface area contributed by atoms with E-state index in [0.29, 0.717) is 5.57 Å². The van der Waals surface area contributed by atoms with Crippen molar-refractivity contribution >= 4 is 17.9 Å². The van der Waals surface area contributed by atoms with Gasteiger partial charge in [-0.1, -0.05) is 13.8 Å². The number of nitrogens with zero attached hydrogens (tertiary/aromatic N) is 2. The first kappa shape index (κ1) is 12.2. The van der Waals surface area contributed by atoms with Gasteiger partial charge in [-0.15, -0.1) is 0 Å². The van der Waals surface area contributed by atoms with Crippen LogP contribution in [0.4, 0.5) is 0 Å². The predicted octanol–water partition coefficient (Wildman–Crippen LogP) is 0.950. The Morgan fingerprint density at radius 3 is 2.19 bits per heavy atom. The van der Waals surface area contributed by atoms with Gasteiger partial charge in [0.1, 0.15) is 6.04 Å². The van der Waals surface area contributed by atoms with E-state index in [4.69, 9.17) is 0 Å². The van der Waals surface area contributed by atoms with Gasteiger partial charge < -0.3 is 0 Å². The van der Waals surface area contributed by atoms with Gasteiger partial charge in [0.2, 0.25) is 12.2 Å². The monoisotopic (exact) mass is 220 g/mol. The maximum atomic E-state index is 11.7. The summed E-state index contributed by atoms with van der Waals surface area (Å²) in [4.78, 5) is 39.5. The molecule has 0 N–H and O–H groups in total.